The van der Waals surface area contributed by atoms with Crippen LogP contribution in [0.4, 0.5) is 0 Å². The van der Waals surface area contributed by atoms with Gasteiger partial charge in [0.25, 0.3) is 5.56 Å². The van der Waals surface area contributed by atoms with Crippen molar-refractivity contribution < 1.29 is 4.79 Å². The largest absolute Gasteiger partial charge is 0.348 e. The van der Waals surface area contributed by atoms with E-state index in [2.05, 4.69) is 11.5 Å². The van der Waals surface area contributed by atoms with Gasteiger partial charge in [-0.25, -0.2) is 4.98 Å². The van der Waals surface area contributed by atoms with Crippen LogP contribution in [-0.4, -0.2) is 25.7 Å². The zero-order valence-electron chi connectivity index (χ0n) is 18.0. The second-order valence-electron chi connectivity index (χ2n) is 7.54. The lowest BCUT2D eigenvalue weighted by Crippen LogP contribution is -2.22. The topological polar surface area (TPSA) is 56.9 Å². The summed E-state index contributed by atoms with van der Waals surface area (Å²) in [5.74, 6) is 0.260. The Kier molecular flexibility index (Phi) is 6.09. The highest BCUT2D eigenvalue weighted by Crippen LogP contribution is 2.24. The van der Waals surface area contributed by atoms with E-state index in [1.54, 1.807) is 10.6 Å². The van der Waals surface area contributed by atoms with Crippen molar-refractivity contribution in [3.63, 3.8) is 0 Å². The molecular weight excluding hydrogens is 406 g/mol. The van der Waals surface area contributed by atoms with Crippen molar-refractivity contribution in [2.24, 2.45) is 0 Å². The van der Waals surface area contributed by atoms with Crippen molar-refractivity contribution in [3.8, 4) is 5.69 Å². The van der Waals surface area contributed by atoms with Gasteiger partial charge >= 0.3 is 0 Å². The van der Waals surface area contributed by atoms with Crippen molar-refractivity contribution in [3.05, 3.63) is 88.0 Å². The number of rotatable bonds is 7. The Labute approximate surface area is 185 Å². The Bertz CT molecular complexity index is 1310. The molecule has 0 spiro atoms. The molecule has 0 saturated heterocycles. The minimum Gasteiger partial charge on any atom is -0.348 e. The van der Waals surface area contributed by atoms with Crippen molar-refractivity contribution in [2.45, 2.75) is 38.9 Å². The monoisotopic (exact) mass is 431 g/mol. The first kappa shape index (κ1) is 21.1. The number of thioether (sulfide) groups is 1. The molecule has 31 heavy (non-hydrogen) atoms. The minimum atomic E-state index is -0.132. The van der Waals surface area contributed by atoms with E-state index in [1.807, 2.05) is 68.4 Å². The summed E-state index contributed by atoms with van der Waals surface area (Å²) in [6.45, 7) is 7.06. The van der Waals surface area contributed by atoms with Crippen LogP contribution in [0.3, 0.4) is 0 Å². The highest BCUT2D eigenvalue weighted by molar-refractivity contribution is 7.99. The van der Waals surface area contributed by atoms with Gasteiger partial charge in [0.1, 0.15) is 0 Å². The summed E-state index contributed by atoms with van der Waals surface area (Å²) < 4.78 is 3.78. The third-order valence-electron chi connectivity index (χ3n) is 5.41. The maximum Gasteiger partial charge on any atom is 0.266 e. The zero-order chi connectivity index (χ0) is 22.0. The number of aryl methyl sites for hydroxylation is 1. The van der Waals surface area contributed by atoms with Crippen molar-refractivity contribution in [2.75, 3.05) is 5.75 Å². The Hall–Kier alpha value is -3.12. The molecule has 0 aliphatic carbocycles. The normalized spacial score (nSPS) is 11.2. The van der Waals surface area contributed by atoms with Crippen LogP contribution in [0.25, 0.3) is 16.6 Å². The van der Waals surface area contributed by atoms with Gasteiger partial charge in [-0.05, 0) is 50.6 Å². The minimum absolute atomic E-state index is 0.0440. The van der Waals surface area contributed by atoms with Gasteiger partial charge < -0.3 is 4.57 Å². The van der Waals surface area contributed by atoms with Gasteiger partial charge in [0.2, 0.25) is 0 Å². The van der Waals surface area contributed by atoms with E-state index in [4.69, 9.17) is 4.98 Å². The number of Topliss-reactive ketones (excluding diaryl/α,β-unsaturated/α-hetero) is 1. The second-order valence-corrected chi connectivity index (χ2v) is 8.48. The van der Waals surface area contributed by atoms with Crippen LogP contribution in [0.15, 0.2) is 70.6 Å². The zero-order valence-corrected chi connectivity index (χ0v) is 18.8. The molecule has 158 valence electrons. The highest BCUT2D eigenvalue weighted by atomic mass is 32.2. The van der Waals surface area contributed by atoms with Crippen LogP contribution in [-0.2, 0) is 6.54 Å². The maximum absolute atomic E-state index is 13.3. The maximum atomic E-state index is 13.3. The summed E-state index contributed by atoms with van der Waals surface area (Å²) in [6, 6.07) is 18.7. The number of carbonyl (C=O) groups is 1. The summed E-state index contributed by atoms with van der Waals surface area (Å²) >= 11 is 1.30. The molecule has 2 heterocycles. The molecule has 2 aromatic carbocycles. The summed E-state index contributed by atoms with van der Waals surface area (Å²) in [7, 11) is 0. The van der Waals surface area contributed by atoms with E-state index in [1.165, 1.54) is 11.8 Å². The number of aromatic nitrogens is 3. The number of hydrogen-bond acceptors (Lipinski definition) is 4. The molecule has 2 aromatic heterocycles. The van der Waals surface area contributed by atoms with Crippen LogP contribution in [0.5, 0.6) is 0 Å². The fraction of sp³-hybridized carbons (Fsp3) is 0.240. The summed E-state index contributed by atoms with van der Waals surface area (Å²) in [5.41, 5.74) is 4.08. The van der Waals surface area contributed by atoms with Crippen LogP contribution < -0.4 is 5.56 Å². The predicted octanol–water partition coefficient (Wildman–Crippen LogP) is 5.19. The van der Waals surface area contributed by atoms with Crippen LogP contribution in [0.1, 0.15) is 35.1 Å². The Morgan fingerprint density at radius 1 is 1.03 bits per heavy atom. The number of ketones is 1. The van der Waals surface area contributed by atoms with Crippen LogP contribution in [0, 0.1) is 13.8 Å². The lowest BCUT2D eigenvalue weighted by atomic mass is 10.2. The third-order valence-corrected chi connectivity index (χ3v) is 6.35. The standard InChI is InChI=1S/C25H25N3O2S/c1-4-14-27-17(2)15-21(18(27)3)23(29)16-31-25-26-22-13-9-8-12-20(22)24(30)28(25)19-10-6-5-7-11-19/h5-13,15H,4,14,16H2,1-3H3. The van der Waals surface area contributed by atoms with Gasteiger partial charge in [-0.3, -0.25) is 14.2 Å². The summed E-state index contributed by atoms with van der Waals surface area (Å²) in [4.78, 5) is 31.0. The number of nitrogens with zero attached hydrogens (tertiary/aromatic N) is 3. The molecule has 0 radical (unpaired) electrons. The Balaban J connectivity index is 1.71. The average molecular weight is 432 g/mol. The first-order chi connectivity index (χ1) is 15.0. The van der Waals surface area contributed by atoms with E-state index in [0.717, 1.165) is 35.6 Å². The van der Waals surface area contributed by atoms with Crippen molar-refractivity contribution in [1.82, 2.24) is 14.1 Å². The molecule has 0 aliphatic heterocycles. The molecule has 0 saturated carbocycles. The molecule has 4 rings (SSSR count). The van der Waals surface area contributed by atoms with E-state index < -0.39 is 0 Å². The molecule has 0 bridgehead atoms. The number of fused-ring (bicyclic) bond motifs is 1. The van der Waals surface area contributed by atoms with E-state index in [0.29, 0.717) is 16.1 Å². The number of carbonyl (C=O) groups excluding carboxylic acids is 1. The quantitative estimate of drug-likeness (QED) is 0.230. The molecule has 6 heteroatoms. The fourth-order valence-electron chi connectivity index (χ4n) is 3.87. The van der Waals surface area contributed by atoms with Gasteiger partial charge in [-0.1, -0.05) is 49.0 Å². The van der Waals surface area contributed by atoms with Crippen molar-refractivity contribution in [1.29, 1.82) is 0 Å². The van der Waals surface area contributed by atoms with E-state index in [9.17, 15) is 9.59 Å². The molecule has 4 aromatic rings. The van der Waals surface area contributed by atoms with Gasteiger partial charge in [0.15, 0.2) is 10.9 Å². The van der Waals surface area contributed by atoms with Crippen molar-refractivity contribution >= 4 is 28.4 Å². The molecule has 0 amide bonds. The van der Waals surface area contributed by atoms with Gasteiger partial charge in [-0.15, -0.1) is 0 Å². The lowest BCUT2D eigenvalue weighted by Gasteiger charge is -2.13. The van der Waals surface area contributed by atoms with Gasteiger partial charge in [0, 0.05) is 23.5 Å². The fourth-order valence-corrected chi connectivity index (χ4v) is 4.77. The lowest BCUT2D eigenvalue weighted by molar-refractivity contribution is 0.102. The summed E-state index contributed by atoms with van der Waals surface area (Å²) in [5, 5.41) is 1.08. The van der Waals surface area contributed by atoms with Gasteiger partial charge in [0.05, 0.1) is 22.3 Å². The highest BCUT2D eigenvalue weighted by Gasteiger charge is 2.18. The number of para-hydroxylation sites is 2. The molecule has 0 aliphatic rings. The second kappa shape index (κ2) is 8.94. The Morgan fingerprint density at radius 2 is 1.74 bits per heavy atom. The number of hydrogen-bond donors (Lipinski definition) is 0. The molecule has 0 atom stereocenters. The van der Waals surface area contributed by atoms with E-state index in [-0.39, 0.29) is 17.1 Å². The van der Waals surface area contributed by atoms with Gasteiger partial charge in [-0.2, -0.15) is 0 Å². The SMILES string of the molecule is CCCn1c(C)cc(C(=O)CSc2nc3ccccc3c(=O)n2-c2ccccc2)c1C. The molecule has 5 nitrogen and oxygen atoms in total. The molecular formula is C25H25N3O2S. The Morgan fingerprint density at radius 3 is 2.48 bits per heavy atom. The molecule has 0 N–H and O–H groups in total. The first-order valence-corrected chi connectivity index (χ1v) is 11.4. The van der Waals surface area contributed by atoms with Crippen LogP contribution in [0.2, 0.25) is 0 Å². The predicted molar refractivity (Wildman–Crippen MR) is 127 cm³/mol. The first-order valence-electron chi connectivity index (χ1n) is 10.4. The third kappa shape index (κ3) is 4.08. The molecule has 0 fully saturated rings. The molecule has 0 unspecified atom stereocenters. The number of benzene rings is 2. The average Bonchev–Trinajstić information content (AvgIpc) is 3.07. The van der Waals surface area contributed by atoms with Crippen LogP contribution >= 0.6 is 11.8 Å². The summed E-state index contributed by atoms with van der Waals surface area (Å²) in [6.07, 6.45) is 1.02. The smallest absolute Gasteiger partial charge is 0.266 e. The van der Waals surface area contributed by atoms with E-state index >= 15 is 0 Å².